The third kappa shape index (κ3) is 3.22. The molecular weight excluding hydrogens is 300 g/mol. The molecular formula is C11H20N4O3S2. The van der Waals surface area contributed by atoms with Gasteiger partial charge in [-0.1, -0.05) is 0 Å². The number of nitrogens with zero attached hydrogens (tertiary/aromatic N) is 2. The Labute approximate surface area is 123 Å². The maximum atomic E-state index is 12.2. The molecule has 1 aliphatic heterocycles. The van der Waals surface area contributed by atoms with Crippen molar-refractivity contribution in [3.8, 4) is 0 Å². The summed E-state index contributed by atoms with van der Waals surface area (Å²) < 4.78 is 34.8. The predicted molar refractivity (Wildman–Crippen MR) is 79.4 cm³/mol. The second-order valence-corrected chi connectivity index (χ2v) is 7.82. The molecule has 1 aromatic rings. The van der Waals surface area contributed by atoms with Gasteiger partial charge in [0.05, 0.1) is 0 Å². The van der Waals surface area contributed by atoms with Gasteiger partial charge >= 0.3 is 0 Å². The highest BCUT2D eigenvalue weighted by Crippen LogP contribution is 2.33. The molecule has 1 fully saturated rings. The second-order valence-electron chi connectivity index (χ2n) is 4.96. The van der Waals surface area contributed by atoms with Crippen LogP contribution in [0.2, 0.25) is 0 Å². The first-order valence-electron chi connectivity index (χ1n) is 6.42. The van der Waals surface area contributed by atoms with Gasteiger partial charge in [0.2, 0.25) is 10.0 Å². The zero-order chi connectivity index (χ0) is 14.8. The zero-order valence-corrected chi connectivity index (χ0v) is 13.3. The number of nitrogens with two attached hydrogens (primary N) is 1. The number of ether oxygens (including phenoxy) is 1. The van der Waals surface area contributed by atoms with Gasteiger partial charge in [0, 0.05) is 33.9 Å². The molecule has 9 heteroatoms. The SMILES string of the molecule is CN(C)S(=O)(=O)c1c(N)nsc1NCCC1CCOC1. The van der Waals surface area contributed by atoms with E-state index >= 15 is 0 Å². The highest BCUT2D eigenvalue weighted by Gasteiger charge is 2.27. The van der Waals surface area contributed by atoms with E-state index in [-0.39, 0.29) is 10.7 Å². The average molecular weight is 320 g/mol. The number of anilines is 2. The Bertz CT molecular complexity index is 550. The number of sulfonamides is 1. The molecule has 114 valence electrons. The first-order valence-corrected chi connectivity index (χ1v) is 8.63. The largest absolute Gasteiger partial charge is 0.382 e. The van der Waals surface area contributed by atoms with Crippen LogP contribution in [0.25, 0.3) is 0 Å². The van der Waals surface area contributed by atoms with Crippen molar-refractivity contribution >= 4 is 32.4 Å². The lowest BCUT2D eigenvalue weighted by Gasteiger charge is -2.13. The molecule has 1 atom stereocenters. The van der Waals surface area contributed by atoms with Crippen LogP contribution in [-0.4, -0.2) is 51.0 Å². The second kappa shape index (κ2) is 6.25. The Hall–Kier alpha value is -0.900. The molecule has 1 aromatic heterocycles. The third-order valence-electron chi connectivity index (χ3n) is 3.27. The molecule has 0 aliphatic carbocycles. The van der Waals surface area contributed by atoms with E-state index in [0.717, 1.165) is 41.9 Å². The van der Waals surface area contributed by atoms with Crippen LogP contribution < -0.4 is 11.1 Å². The van der Waals surface area contributed by atoms with Crippen molar-refractivity contribution in [1.29, 1.82) is 0 Å². The van der Waals surface area contributed by atoms with Gasteiger partial charge in [-0.2, -0.15) is 4.37 Å². The summed E-state index contributed by atoms with van der Waals surface area (Å²) in [6.45, 7) is 2.29. The molecule has 7 nitrogen and oxygen atoms in total. The number of hydrogen-bond acceptors (Lipinski definition) is 7. The number of nitrogen functional groups attached to an aromatic ring is 1. The van der Waals surface area contributed by atoms with E-state index in [1.807, 2.05) is 0 Å². The number of hydrogen-bond donors (Lipinski definition) is 2. The minimum atomic E-state index is -3.58. The highest BCUT2D eigenvalue weighted by molar-refractivity contribution is 7.89. The van der Waals surface area contributed by atoms with E-state index < -0.39 is 10.0 Å². The van der Waals surface area contributed by atoms with Crippen LogP contribution in [0, 0.1) is 5.92 Å². The van der Waals surface area contributed by atoms with E-state index in [2.05, 4.69) is 9.69 Å². The Morgan fingerprint density at radius 2 is 2.30 bits per heavy atom. The van der Waals surface area contributed by atoms with E-state index in [1.165, 1.54) is 14.1 Å². The van der Waals surface area contributed by atoms with Gasteiger partial charge in [0.25, 0.3) is 0 Å². The van der Waals surface area contributed by atoms with Crippen LogP contribution in [0.3, 0.4) is 0 Å². The fraction of sp³-hybridized carbons (Fsp3) is 0.727. The van der Waals surface area contributed by atoms with E-state index in [4.69, 9.17) is 10.5 Å². The highest BCUT2D eigenvalue weighted by atomic mass is 32.2. The Morgan fingerprint density at radius 1 is 1.55 bits per heavy atom. The summed E-state index contributed by atoms with van der Waals surface area (Å²) in [5, 5.41) is 3.65. The Kier molecular flexibility index (Phi) is 4.84. The van der Waals surface area contributed by atoms with Crippen LogP contribution in [0.5, 0.6) is 0 Å². The average Bonchev–Trinajstić information content (AvgIpc) is 2.99. The quantitative estimate of drug-likeness (QED) is 0.805. The summed E-state index contributed by atoms with van der Waals surface area (Å²) in [6, 6.07) is 0. The molecule has 1 saturated heterocycles. The first-order chi connectivity index (χ1) is 9.43. The zero-order valence-electron chi connectivity index (χ0n) is 11.6. The normalized spacial score (nSPS) is 19.6. The minimum absolute atomic E-state index is 0.0513. The summed E-state index contributed by atoms with van der Waals surface area (Å²) in [7, 11) is -0.619. The lowest BCUT2D eigenvalue weighted by Crippen LogP contribution is -2.23. The predicted octanol–water partition coefficient (Wildman–Crippen LogP) is 0.814. The summed E-state index contributed by atoms with van der Waals surface area (Å²) in [4.78, 5) is 0.0789. The van der Waals surface area contributed by atoms with Crippen molar-refractivity contribution in [3.05, 3.63) is 0 Å². The molecule has 1 aliphatic rings. The fourth-order valence-electron chi connectivity index (χ4n) is 2.04. The van der Waals surface area contributed by atoms with E-state index in [9.17, 15) is 8.42 Å². The van der Waals surface area contributed by atoms with Crippen LogP contribution in [0.4, 0.5) is 10.8 Å². The Morgan fingerprint density at radius 3 is 2.90 bits per heavy atom. The third-order valence-corrected chi connectivity index (χ3v) is 6.11. The van der Waals surface area contributed by atoms with Gasteiger partial charge in [-0.3, -0.25) is 0 Å². The van der Waals surface area contributed by atoms with E-state index in [1.54, 1.807) is 0 Å². The van der Waals surface area contributed by atoms with Gasteiger partial charge in [-0.15, -0.1) is 0 Å². The topological polar surface area (TPSA) is 97.6 Å². The standard InChI is InChI=1S/C11H20N4O3S2/c1-15(2)20(16,17)9-10(12)14-19-11(9)13-5-3-8-4-6-18-7-8/h8,13H,3-7H2,1-2H3,(H2,12,14). The molecule has 2 heterocycles. The van der Waals surface area contributed by atoms with Crippen LogP contribution in [-0.2, 0) is 14.8 Å². The lowest BCUT2D eigenvalue weighted by molar-refractivity contribution is 0.185. The molecule has 20 heavy (non-hydrogen) atoms. The molecule has 0 radical (unpaired) electrons. The van der Waals surface area contributed by atoms with Crippen molar-refractivity contribution in [1.82, 2.24) is 8.68 Å². The van der Waals surface area contributed by atoms with Gasteiger partial charge in [0.1, 0.15) is 5.00 Å². The van der Waals surface area contributed by atoms with Crippen molar-refractivity contribution in [2.45, 2.75) is 17.7 Å². The lowest BCUT2D eigenvalue weighted by atomic mass is 10.1. The smallest absolute Gasteiger partial charge is 0.249 e. The number of aromatic nitrogens is 1. The maximum absolute atomic E-state index is 12.2. The van der Waals surface area contributed by atoms with Gasteiger partial charge in [-0.05, 0) is 30.3 Å². The van der Waals surface area contributed by atoms with Gasteiger partial charge < -0.3 is 15.8 Å². The summed E-state index contributed by atoms with van der Waals surface area (Å²) in [5.74, 6) is 0.595. The van der Waals surface area contributed by atoms with Crippen LogP contribution >= 0.6 is 11.5 Å². The minimum Gasteiger partial charge on any atom is -0.382 e. The van der Waals surface area contributed by atoms with Crippen molar-refractivity contribution in [2.24, 2.45) is 5.92 Å². The molecule has 1 unspecified atom stereocenters. The van der Waals surface area contributed by atoms with Gasteiger partial charge in [0.15, 0.2) is 10.7 Å². The molecule has 0 aromatic carbocycles. The summed E-state index contributed by atoms with van der Waals surface area (Å²) in [5.41, 5.74) is 5.69. The van der Waals surface area contributed by atoms with Crippen LogP contribution in [0.1, 0.15) is 12.8 Å². The first kappa shape index (κ1) is 15.5. The number of rotatable bonds is 6. The van der Waals surface area contributed by atoms with Crippen LogP contribution in [0.15, 0.2) is 4.90 Å². The van der Waals surface area contributed by atoms with Crippen molar-refractivity contribution < 1.29 is 13.2 Å². The Balaban J connectivity index is 2.05. The molecule has 0 spiro atoms. The van der Waals surface area contributed by atoms with Crippen molar-refractivity contribution in [2.75, 3.05) is 44.9 Å². The number of nitrogens with one attached hydrogen (secondary N) is 1. The van der Waals surface area contributed by atoms with Gasteiger partial charge in [-0.25, -0.2) is 12.7 Å². The molecule has 2 rings (SSSR count). The fourth-order valence-corrected chi connectivity index (χ4v) is 4.14. The molecule has 0 amide bonds. The summed E-state index contributed by atoms with van der Waals surface area (Å²) in [6.07, 6.45) is 2.01. The molecule has 0 saturated carbocycles. The summed E-state index contributed by atoms with van der Waals surface area (Å²) >= 11 is 1.08. The maximum Gasteiger partial charge on any atom is 0.249 e. The molecule has 0 bridgehead atoms. The van der Waals surface area contributed by atoms with E-state index in [0.29, 0.717) is 17.5 Å². The molecule has 3 N–H and O–H groups in total. The van der Waals surface area contributed by atoms with Crippen molar-refractivity contribution in [3.63, 3.8) is 0 Å². The monoisotopic (exact) mass is 320 g/mol.